The van der Waals surface area contributed by atoms with Crippen LogP contribution in [0.4, 0.5) is 21.9 Å². The number of anilines is 3. The Morgan fingerprint density at radius 1 is 0.933 bits per heavy atom. The first-order valence-electron chi connectivity index (χ1n) is 10.6. The van der Waals surface area contributed by atoms with Gasteiger partial charge in [0.25, 0.3) is 0 Å². The van der Waals surface area contributed by atoms with E-state index in [9.17, 15) is 9.59 Å². The van der Waals surface area contributed by atoms with Crippen LogP contribution in [-0.2, 0) is 4.79 Å². The SMILES string of the molecule is CC(Nc1cccc(NC(=O)Nc2ccccc2)c1)C(=O)NCCC1=CCCCC1. The number of allylic oxidation sites excluding steroid dienone is 1. The zero-order valence-corrected chi connectivity index (χ0v) is 17.4. The summed E-state index contributed by atoms with van der Waals surface area (Å²) in [5, 5.41) is 11.8. The summed E-state index contributed by atoms with van der Waals surface area (Å²) in [6.07, 6.45) is 8.08. The van der Waals surface area contributed by atoms with E-state index in [2.05, 4.69) is 27.3 Å². The van der Waals surface area contributed by atoms with Crippen LogP contribution < -0.4 is 21.3 Å². The van der Waals surface area contributed by atoms with Crippen molar-refractivity contribution in [2.75, 3.05) is 22.5 Å². The van der Waals surface area contributed by atoms with Crippen molar-refractivity contribution in [3.8, 4) is 0 Å². The van der Waals surface area contributed by atoms with Crippen LogP contribution in [0.2, 0.25) is 0 Å². The Kier molecular flexibility index (Phi) is 7.89. The highest BCUT2D eigenvalue weighted by Crippen LogP contribution is 2.19. The molecule has 1 aliphatic carbocycles. The number of rotatable bonds is 8. The molecule has 0 saturated heterocycles. The molecule has 0 saturated carbocycles. The molecular weight excluding hydrogens is 376 g/mol. The average molecular weight is 407 g/mol. The van der Waals surface area contributed by atoms with Gasteiger partial charge >= 0.3 is 6.03 Å². The van der Waals surface area contributed by atoms with E-state index in [0.717, 1.165) is 30.6 Å². The van der Waals surface area contributed by atoms with Crippen molar-refractivity contribution in [2.45, 2.75) is 45.1 Å². The number of para-hydroxylation sites is 1. The molecule has 1 unspecified atom stereocenters. The monoisotopic (exact) mass is 406 g/mol. The van der Waals surface area contributed by atoms with Gasteiger partial charge in [-0.25, -0.2) is 4.79 Å². The second kappa shape index (κ2) is 11.0. The fraction of sp³-hybridized carbons (Fsp3) is 0.333. The van der Waals surface area contributed by atoms with Gasteiger partial charge in [0.1, 0.15) is 6.04 Å². The van der Waals surface area contributed by atoms with Crippen LogP contribution in [0, 0.1) is 0 Å². The van der Waals surface area contributed by atoms with Crippen molar-refractivity contribution in [3.63, 3.8) is 0 Å². The first-order chi connectivity index (χ1) is 14.6. The van der Waals surface area contributed by atoms with Crippen LogP contribution in [0.15, 0.2) is 66.2 Å². The number of benzene rings is 2. The maximum Gasteiger partial charge on any atom is 0.323 e. The van der Waals surface area contributed by atoms with Gasteiger partial charge in [0.05, 0.1) is 0 Å². The molecule has 0 spiro atoms. The summed E-state index contributed by atoms with van der Waals surface area (Å²) < 4.78 is 0. The second-order valence-electron chi connectivity index (χ2n) is 7.54. The van der Waals surface area contributed by atoms with E-state index in [1.54, 1.807) is 12.1 Å². The van der Waals surface area contributed by atoms with Crippen molar-refractivity contribution in [1.29, 1.82) is 0 Å². The van der Waals surface area contributed by atoms with Gasteiger partial charge in [0, 0.05) is 23.6 Å². The van der Waals surface area contributed by atoms with E-state index >= 15 is 0 Å². The van der Waals surface area contributed by atoms with Crippen LogP contribution in [-0.4, -0.2) is 24.5 Å². The molecule has 4 N–H and O–H groups in total. The van der Waals surface area contributed by atoms with Gasteiger partial charge in [-0.05, 0) is 69.4 Å². The summed E-state index contributed by atoms with van der Waals surface area (Å²) in [5.74, 6) is -0.0356. The van der Waals surface area contributed by atoms with Crippen LogP contribution in [0.25, 0.3) is 0 Å². The Morgan fingerprint density at radius 2 is 1.67 bits per heavy atom. The summed E-state index contributed by atoms with van der Waals surface area (Å²) >= 11 is 0. The van der Waals surface area contributed by atoms with Crippen molar-refractivity contribution < 1.29 is 9.59 Å². The van der Waals surface area contributed by atoms with E-state index in [1.165, 1.54) is 18.4 Å². The number of hydrogen-bond acceptors (Lipinski definition) is 3. The molecule has 1 aliphatic rings. The smallest absolute Gasteiger partial charge is 0.323 e. The zero-order valence-electron chi connectivity index (χ0n) is 17.4. The molecule has 0 radical (unpaired) electrons. The van der Waals surface area contributed by atoms with Gasteiger partial charge in [-0.2, -0.15) is 0 Å². The molecule has 0 heterocycles. The summed E-state index contributed by atoms with van der Waals surface area (Å²) in [6, 6.07) is 15.9. The number of hydrogen-bond donors (Lipinski definition) is 4. The maximum atomic E-state index is 12.4. The Bertz CT molecular complexity index is 880. The standard InChI is InChI=1S/C24H30N4O2/c1-18(23(29)25-16-15-19-9-4-2-5-10-19)26-21-13-8-14-22(17-21)28-24(30)27-20-11-6-3-7-12-20/h3,6-9,11-14,17-18,26H,2,4-5,10,15-16H2,1H3,(H,25,29)(H2,27,28,30). The molecule has 0 fully saturated rings. The number of nitrogens with one attached hydrogen (secondary N) is 4. The molecule has 0 aliphatic heterocycles. The molecular formula is C24H30N4O2. The Labute approximate surface area is 178 Å². The third-order valence-electron chi connectivity index (χ3n) is 5.06. The molecule has 2 aromatic carbocycles. The molecule has 6 heteroatoms. The highest BCUT2D eigenvalue weighted by Gasteiger charge is 2.13. The summed E-state index contributed by atoms with van der Waals surface area (Å²) in [7, 11) is 0. The quantitative estimate of drug-likeness (QED) is 0.458. The number of carbonyl (C=O) groups is 2. The molecule has 158 valence electrons. The highest BCUT2D eigenvalue weighted by molar-refractivity contribution is 6.00. The Morgan fingerprint density at radius 3 is 2.43 bits per heavy atom. The van der Waals surface area contributed by atoms with E-state index in [1.807, 2.05) is 49.4 Å². The van der Waals surface area contributed by atoms with Gasteiger partial charge < -0.3 is 21.3 Å². The summed E-state index contributed by atoms with van der Waals surface area (Å²) in [4.78, 5) is 24.5. The van der Waals surface area contributed by atoms with Crippen molar-refractivity contribution >= 4 is 29.0 Å². The van der Waals surface area contributed by atoms with Gasteiger partial charge in [0.2, 0.25) is 5.91 Å². The van der Waals surface area contributed by atoms with Gasteiger partial charge in [-0.1, -0.05) is 35.9 Å². The minimum Gasteiger partial charge on any atom is -0.374 e. The van der Waals surface area contributed by atoms with E-state index in [-0.39, 0.29) is 18.0 Å². The Balaban J connectivity index is 1.45. The van der Waals surface area contributed by atoms with Crippen molar-refractivity contribution in [1.82, 2.24) is 5.32 Å². The molecule has 3 amide bonds. The van der Waals surface area contributed by atoms with E-state index < -0.39 is 0 Å². The Hall–Kier alpha value is -3.28. The van der Waals surface area contributed by atoms with Gasteiger partial charge in [-0.3, -0.25) is 4.79 Å². The molecule has 6 nitrogen and oxygen atoms in total. The largest absolute Gasteiger partial charge is 0.374 e. The number of carbonyl (C=O) groups excluding carboxylic acids is 2. The lowest BCUT2D eigenvalue weighted by molar-refractivity contribution is -0.121. The lowest BCUT2D eigenvalue weighted by atomic mass is 9.97. The van der Waals surface area contributed by atoms with Crippen LogP contribution in [0.1, 0.15) is 39.0 Å². The molecule has 1 atom stereocenters. The highest BCUT2D eigenvalue weighted by atomic mass is 16.2. The normalized spacial score (nSPS) is 14.2. The summed E-state index contributed by atoms with van der Waals surface area (Å²) in [5.41, 5.74) is 3.59. The molecule has 3 rings (SSSR count). The lowest BCUT2D eigenvalue weighted by Crippen LogP contribution is -2.38. The number of urea groups is 1. The van der Waals surface area contributed by atoms with Crippen molar-refractivity contribution in [2.24, 2.45) is 0 Å². The van der Waals surface area contributed by atoms with E-state index in [0.29, 0.717) is 12.2 Å². The molecule has 0 bridgehead atoms. The van der Waals surface area contributed by atoms with Gasteiger partial charge in [0.15, 0.2) is 0 Å². The fourth-order valence-electron chi connectivity index (χ4n) is 3.45. The minimum absolute atomic E-state index is 0.0356. The third-order valence-corrected chi connectivity index (χ3v) is 5.06. The first kappa shape index (κ1) is 21.4. The van der Waals surface area contributed by atoms with Crippen LogP contribution in [0.5, 0.6) is 0 Å². The maximum absolute atomic E-state index is 12.4. The number of amides is 3. The summed E-state index contributed by atoms with van der Waals surface area (Å²) in [6.45, 7) is 2.50. The van der Waals surface area contributed by atoms with Gasteiger partial charge in [-0.15, -0.1) is 0 Å². The lowest BCUT2D eigenvalue weighted by Gasteiger charge is -2.17. The average Bonchev–Trinajstić information content (AvgIpc) is 2.75. The second-order valence-corrected chi connectivity index (χ2v) is 7.54. The molecule has 2 aromatic rings. The predicted octanol–water partition coefficient (Wildman–Crippen LogP) is 5.14. The van der Waals surface area contributed by atoms with E-state index in [4.69, 9.17) is 0 Å². The topological polar surface area (TPSA) is 82.3 Å². The van der Waals surface area contributed by atoms with Crippen LogP contribution >= 0.6 is 0 Å². The third kappa shape index (κ3) is 6.95. The fourth-order valence-corrected chi connectivity index (χ4v) is 3.45. The van der Waals surface area contributed by atoms with Crippen LogP contribution in [0.3, 0.4) is 0 Å². The zero-order chi connectivity index (χ0) is 21.2. The minimum atomic E-state index is -0.376. The molecule has 30 heavy (non-hydrogen) atoms. The van der Waals surface area contributed by atoms with Crippen molar-refractivity contribution in [3.05, 3.63) is 66.2 Å². The first-order valence-corrected chi connectivity index (χ1v) is 10.6. The predicted molar refractivity (Wildman–Crippen MR) is 123 cm³/mol. The molecule has 0 aromatic heterocycles.